The van der Waals surface area contributed by atoms with Gasteiger partial charge in [0.1, 0.15) is 0 Å². The van der Waals surface area contributed by atoms with Crippen molar-refractivity contribution in [2.24, 2.45) is 0 Å². The number of halogens is 3. The summed E-state index contributed by atoms with van der Waals surface area (Å²) in [6.07, 6.45) is -4.37. The van der Waals surface area contributed by atoms with E-state index in [1.165, 1.54) is 0 Å². The van der Waals surface area contributed by atoms with Crippen molar-refractivity contribution in [3.8, 4) is 0 Å². The second kappa shape index (κ2) is 5.06. The van der Waals surface area contributed by atoms with Crippen molar-refractivity contribution >= 4 is 11.0 Å². The number of nitrogens with one attached hydrogen (secondary N) is 3. The molecule has 0 fully saturated rings. The molecule has 1 unspecified atom stereocenters. The van der Waals surface area contributed by atoms with Crippen LogP contribution in [0.5, 0.6) is 0 Å². The zero-order valence-electron chi connectivity index (χ0n) is 9.97. The Bertz CT molecular complexity index is 617. The van der Waals surface area contributed by atoms with Crippen molar-refractivity contribution in [2.45, 2.75) is 19.1 Å². The van der Waals surface area contributed by atoms with Crippen LogP contribution in [0.25, 0.3) is 11.0 Å². The summed E-state index contributed by atoms with van der Waals surface area (Å²) in [5.41, 5.74) is 3.90. The highest BCUT2D eigenvalue weighted by molar-refractivity contribution is 5.75. The maximum absolute atomic E-state index is 11.9. The maximum Gasteiger partial charge on any atom is 0.413 e. The third-order valence-electron chi connectivity index (χ3n) is 2.54. The zero-order chi connectivity index (χ0) is 14.0. The fourth-order valence-electron chi connectivity index (χ4n) is 1.64. The molecule has 2 aromatic rings. The van der Waals surface area contributed by atoms with Crippen molar-refractivity contribution in [1.82, 2.24) is 15.4 Å². The Morgan fingerprint density at radius 2 is 2.00 bits per heavy atom. The van der Waals surface area contributed by atoms with Crippen molar-refractivity contribution < 1.29 is 18.0 Å². The average molecular weight is 275 g/mol. The lowest BCUT2D eigenvalue weighted by Gasteiger charge is -2.15. The molecule has 0 bridgehead atoms. The van der Waals surface area contributed by atoms with E-state index in [2.05, 4.69) is 20.3 Å². The van der Waals surface area contributed by atoms with E-state index in [0.29, 0.717) is 16.6 Å². The molecule has 104 valence electrons. The van der Waals surface area contributed by atoms with Crippen LogP contribution in [0.2, 0.25) is 0 Å². The molecule has 0 aliphatic carbocycles. The predicted octanol–water partition coefficient (Wildman–Crippen LogP) is 2.00. The normalized spacial score (nSPS) is 13.9. The lowest BCUT2D eigenvalue weighted by molar-refractivity contribution is -0.192. The number of fused-ring (bicyclic) bond motifs is 1. The number of alkyl halides is 3. The molecule has 2 rings (SSSR count). The second-order valence-corrected chi connectivity index (χ2v) is 4.13. The minimum absolute atomic E-state index is 0.332. The molecule has 0 aliphatic rings. The Labute approximate surface area is 105 Å². The first-order chi connectivity index (χ1) is 8.85. The van der Waals surface area contributed by atoms with Gasteiger partial charge in [-0.3, -0.25) is 4.84 Å². The maximum atomic E-state index is 11.9. The largest absolute Gasteiger partial charge is 0.413 e. The van der Waals surface area contributed by atoms with Crippen LogP contribution >= 0.6 is 0 Å². The fraction of sp³-hybridized carbons (Fsp3) is 0.364. The van der Waals surface area contributed by atoms with Crippen LogP contribution in [0, 0.1) is 0 Å². The molecule has 0 spiro atoms. The first-order valence-electron chi connectivity index (χ1n) is 5.51. The van der Waals surface area contributed by atoms with E-state index in [4.69, 9.17) is 0 Å². The van der Waals surface area contributed by atoms with E-state index in [9.17, 15) is 18.0 Å². The summed E-state index contributed by atoms with van der Waals surface area (Å²) in [6.45, 7) is 0.295. The van der Waals surface area contributed by atoms with Crippen LogP contribution in [0.3, 0.4) is 0 Å². The fourth-order valence-corrected chi connectivity index (χ4v) is 1.64. The second-order valence-electron chi connectivity index (χ2n) is 4.13. The van der Waals surface area contributed by atoms with Gasteiger partial charge in [-0.1, -0.05) is 6.07 Å². The minimum atomic E-state index is -4.37. The molecule has 19 heavy (non-hydrogen) atoms. The molecule has 8 heteroatoms. The molecule has 1 heterocycles. The van der Waals surface area contributed by atoms with Gasteiger partial charge in [0, 0.05) is 0 Å². The molecule has 0 saturated carbocycles. The SMILES string of the molecule is CC(NOCC(F)(F)F)c1ccc2[nH]c(=O)[nH]c2c1. The number of imidazole rings is 1. The van der Waals surface area contributed by atoms with Gasteiger partial charge < -0.3 is 9.97 Å². The van der Waals surface area contributed by atoms with Crippen molar-refractivity contribution in [1.29, 1.82) is 0 Å². The molecule has 3 N–H and O–H groups in total. The summed E-state index contributed by atoms with van der Waals surface area (Å²) in [6, 6.07) is 4.60. The Hall–Kier alpha value is -1.80. The Morgan fingerprint density at radius 1 is 1.32 bits per heavy atom. The number of hydrogen-bond donors (Lipinski definition) is 3. The Balaban J connectivity index is 2.04. The highest BCUT2D eigenvalue weighted by Gasteiger charge is 2.28. The lowest BCUT2D eigenvalue weighted by Crippen LogP contribution is -2.26. The smallest absolute Gasteiger partial charge is 0.306 e. The molecule has 1 aromatic heterocycles. The average Bonchev–Trinajstić information content (AvgIpc) is 2.65. The van der Waals surface area contributed by atoms with Crippen molar-refractivity contribution in [3.63, 3.8) is 0 Å². The van der Waals surface area contributed by atoms with Crippen molar-refractivity contribution in [3.05, 3.63) is 34.2 Å². The van der Waals surface area contributed by atoms with Gasteiger partial charge in [-0.2, -0.15) is 18.7 Å². The molecule has 0 amide bonds. The number of benzene rings is 1. The van der Waals surface area contributed by atoms with E-state index < -0.39 is 18.8 Å². The van der Waals surface area contributed by atoms with Gasteiger partial charge in [0.15, 0.2) is 6.61 Å². The number of aromatic nitrogens is 2. The summed E-state index contributed by atoms with van der Waals surface area (Å²) >= 11 is 0. The number of H-pyrrole nitrogens is 2. The van der Waals surface area contributed by atoms with Crippen LogP contribution in [-0.4, -0.2) is 22.8 Å². The molecule has 1 aromatic carbocycles. The van der Waals surface area contributed by atoms with E-state index >= 15 is 0 Å². The molecule has 0 aliphatic heterocycles. The van der Waals surface area contributed by atoms with Crippen LogP contribution in [0.4, 0.5) is 13.2 Å². The van der Waals surface area contributed by atoms with Crippen LogP contribution in [0.15, 0.2) is 23.0 Å². The number of hydrogen-bond acceptors (Lipinski definition) is 3. The predicted molar refractivity (Wildman–Crippen MR) is 62.5 cm³/mol. The summed E-state index contributed by atoms with van der Waals surface area (Å²) in [7, 11) is 0. The number of hydroxylamine groups is 1. The van der Waals surface area contributed by atoms with E-state index in [1.54, 1.807) is 25.1 Å². The lowest BCUT2D eigenvalue weighted by atomic mass is 10.1. The van der Waals surface area contributed by atoms with Gasteiger partial charge >= 0.3 is 11.9 Å². The third kappa shape index (κ3) is 3.58. The third-order valence-corrected chi connectivity index (χ3v) is 2.54. The van der Waals surface area contributed by atoms with E-state index in [0.717, 1.165) is 0 Å². The molecule has 0 saturated heterocycles. The summed E-state index contributed by atoms with van der Waals surface area (Å²) in [4.78, 5) is 20.6. The first kappa shape index (κ1) is 13.6. The minimum Gasteiger partial charge on any atom is -0.306 e. The van der Waals surface area contributed by atoms with Crippen LogP contribution in [-0.2, 0) is 4.84 Å². The topological polar surface area (TPSA) is 69.9 Å². The van der Waals surface area contributed by atoms with E-state index in [-0.39, 0.29) is 5.69 Å². The highest BCUT2D eigenvalue weighted by atomic mass is 19.4. The van der Waals surface area contributed by atoms with Crippen LogP contribution < -0.4 is 11.2 Å². The molecular formula is C11H12F3N3O2. The molecule has 1 atom stereocenters. The standard InChI is InChI=1S/C11H12F3N3O2/c1-6(17-19-5-11(12,13)14)7-2-3-8-9(4-7)16-10(18)15-8/h2-4,6,17H,5H2,1H3,(H2,15,16,18). The van der Waals surface area contributed by atoms with Gasteiger partial charge in [0.05, 0.1) is 17.1 Å². The summed E-state index contributed by atoms with van der Waals surface area (Å²) in [5.74, 6) is 0. The Morgan fingerprint density at radius 3 is 2.68 bits per heavy atom. The molecule has 0 radical (unpaired) electrons. The summed E-state index contributed by atoms with van der Waals surface area (Å²) < 4.78 is 35.7. The summed E-state index contributed by atoms with van der Waals surface area (Å²) in [5, 5.41) is 0. The molecular weight excluding hydrogens is 263 g/mol. The quantitative estimate of drug-likeness (QED) is 0.747. The monoisotopic (exact) mass is 275 g/mol. The van der Waals surface area contributed by atoms with Gasteiger partial charge in [-0.25, -0.2) is 4.79 Å². The highest BCUT2D eigenvalue weighted by Crippen LogP contribution is 2.18. The molecule has 5 nitrogen and oxygen atoms in total. The van der Waals surface area contributed by atoms with Crippen molar-refractivity contribution in [2.75, 3.05) is 6.61 Å². The van der Waals surface area contributed by atoms with Gasteiger partial charge in [-0.05, 0) is 24.6 Å². The number of rotatable bonds is 4. The zero-order valence-corrected chi connectivity index (χ0v) is 9.97. The Kier molecular flexibility index (Phi) is 3.63. The first-order valence-corrected chi connectivity index (χ1v) is 5.51. The van der Waals surface area contributed by atoms with Crippen LogP contribution in [0.1, 0.15) is 18.5 Å². The van der Waals surface area contributed by atoms with Gasteiger partial charge in [0.25, 0.3) is 0 Å². The van der Waals surface area contributed by atoms with Gasteiger partial charge in [-0.15, -0.1) is 0 Å². The van der Waals surface area contributed by atoms with E-state index in [1.807, 2.05) is 0 Å². The number of aromatic amines is 2. The van der Waals surface area contributed by atoms with Gasteiger partial charge in [0.2, 0.25) is 0 Å².